The Hall–Kier alpha value is -4.42. The highest BCUT2D eigenvalue weighted by Crippen LogP contribution is 2.36. The Bertz CT molecular complexity index is 1270. The summed E-state index contributed by atoms with van der Waals surface area (Å²) in [5, 5.41) is 0. The molecule has 13 heteroatoms. The van der Waals surface area contributed by atoms with Gasteiger partial charge in [-0.25, -0.2) is 9.97 Å². The van der Waals surface area contributed by atoms with Crippen molar-refractivity contribution in [2.75, 3.05) is 0 Å². The van der Waals surface area contributed by atoms with Crippen molar-refractivity contribution in [3.63, 3.8) is 0 Å². The SMILES string of the molecule is FC(F)(F)c1cnc(OCc2ccccc2)c(O[B]Oc2cc(C(F)(F)F)cnc2OCc2ccccc2)c1. The Labute approximate surface area is 219 Å². The summed E-state index contributed by atoms with van der Waals surface area (Å²) < 4.78 is 101. The van der Waals surface area contributed by atoms with Crippen molar-refractivity contribution >= 4 is 7.69 Å². The smallest absolute Gasteiger partial charge is 0.522 e. The van der Waals surface area contributed by atoms with Crippen LogP contribution in [0, 0.1) is 0 Å². The van der Waals surface area contributed by atoms with Crippen LogP contribution >= 0.6 is 0 Å². The fourth-order valence-electron chi connectivity index (χ4n) is 3.14. The van der Waals surface area contributed by atoms with Gasteiger partial charge in [0.1, 0.15) is 13.2 Å². The van der Waals surface area contributed by atoms with Crippen LogP contribution in [0.1, 0.15) is 22.3 Å². The first kappa shape index (κ1) is 27.6. The normalized spacial score (nSPS) is 11.5. The van der Waals surface area contributed by atoms with E-state index in [4.69, 9.17) is 18.8 Å². The van der Waals surface area contributed by atoms with Gasteiger partial charge in [0, 0.05) is 12.4 Å². The van der Waals surface area contributed by atoms with Crippen molar-refractivity contribution in [2.24, 2.45) is 0 Å². The van der Waals surface area contributed by atoms with Crippen LogP contribution in [0.15, 0.2) is 85.2 Å². The number of hydrogen-bond donors (Lipinski definition) is 0. The van der Waals surface area contributed by atoms with Crippen LogP contribution in [0.5, 0.6) is 23.3 Å². The summed E-state index contributed by atoms with van der Waals surface area (Å²) in [6, 6.07) is 18.7. The molecular formula is C26H18BF6N2O4. The summed E-state index contributed by atoms with van der Waals surface area (Å²) >= 11 is 0. The maximum absolute atomic E-state index is 13.3. The van der Waals surface area contributed by atoms with E-state index in [0.29, 0.717) is 43.3 Å². The van der Waals surface area contributed by atoms with Crippen molar-refractivity contribution in [3.8, 4) is 23.3 Å². The zero-order chi connectivity index (χ0) is 27.9. The van der Waals surface area contributed by atoms with E-state index in [1.807, 2.05) is 0 Å². The maximum atomic E-state index is 13.3. The first-order valence-corrected chi connectivity index (χ1v) is 11.2. The molecule has 39 heavy (non-hydrogen) atoms. The molecule has 1 radical (unpaired) electrons. The van der Waals surface area contributed by atoms with E-state index >= 15 is 0 Å². The summed E-state index contributed by atoms with van der Waals surface area (Å²) in [5.41, 5.74) is -0.850. The van der Waals surface area contributed by atoms with Crippen molar-refractivity contribution in [3.05, 3.63) is 107 Å². The van der Waals surface area contributed by atoms with Gasteiger partial charge in [0.25, 0.3) is 11.8 Å². The average molecular weight is 547 g/mol. The molecule has 0 unspecified atom stereocenters. The van der Waals surface area contributed by atoms with Crippen LogP contribution in [0.3, 0.4) is 0 Å². The number of ether oxygens (including phenoxy) is 2. The third kappa shape index (κ3) is 7.79. The predicted octanol–water partition coefficient (Wildman–Crippen LogP) is 6.66. The minimum atomic E-state index is -4.74. The molecule has 0 amide bonds. The van der Waals surface area contributed by atoms with Crippen molar-refractivity contribution in [1.29, 1.82) is 0 Å². The average Bonchev–Trinajstić information content (AvgIpc) is 2.91. The van der Waals surface area contributed by atoms with E-state index in [1.54, 1.807) is 60.7 Å². The molecule has 0 bridgehead atoms. The molecule has 0 N–H and O–H groups in total. The molecule has 6 nitrogen and oxygen atoms in total. The molecule has 4 rings (SSSR count). The number of aromatic nitrogens is 2. The third-order valence-corrected chi connectivity index (χ3v) is 5.08. The number of pyridine rings is 2. The molecule has 2 aromatic carbocycles. The Morgan fingerprint density at radius 1 is 0.590 bits per heavy atom. The first-order valence-electron chi connectivity index (χ1n) is 11.2. The Kier molecular flexibility index (Phi) is 8.47. The van der Waals surface area contributed by atoms with Crippen LogP contribution in [0.25, 0.3) is 0 Å². The van der Waals surface area contributed by atoms with E-state index in [1.165, 1.54) is 0 Å². The molecule has 0 aliphatic heterocycles. The predicted molar refractivity (Wildman–Crippen MR) is 127 cm³/mol. The molecule has 0 aliphatic rings. The maximum Gasteiger partial charge on any atom is 0.658 e. The standard InChI is InChI=1S/C26H18BF6N2O4/c28-25(29,30)19-11-21(23(34-13-19)36-15-17-7-3-1-4-8-17)38-27-39-22-12-20(26(31,32)33)14-35-24(22)37-16-18-9-5-2-6-10-18/h1-14H,15-16H2. The van der Waals surface area contributed by atoms with Crippen molar-refractivity contribution < 1.29 is 45.1 Å². The van der Waals surface area contributed by atoms with Crippen LogP contribution in [0.4, 0.5) is 26.3 Å². The topological polar surface area (TPSA) is 62.7 Å². The zero-order valence-electron chi connectivity index (χ0n) is 19.9. The Balaban J connectivity index is 1.52. The molecule has 0 aliphatic carbocycles. The monoisotopic (exact) mass is 547 g/mol. The summed E-state index contributed by atoms with van der Waals surface area (Å²) in [6.45, 7) is -0.0725. The zero-order valence-corrected chi connectivity index (χ0v) is 19.9. The lowest BCUT2D eigenvalue weighted by Gasteiger charge is -2.16. The first-order chi connectivity index (χ1) is 18.6. The quantitative estimate of drug-likeness (QED) is 0.164. The second-order valence-corrected chi connectivity index (χ2v) is 7.93. The van der Waals surface area contributed by atoms with E-state index in [0.717, 1.165) is 0 Å². The number of nitrogens with zero attached hydrogens (tertiary/aromatic N) is 2. The number of halogens is 6. The van der Waals surface area contributed by atoms with Gasteiger partial charge in [0.2, 0.25) is 0 Å². The minimum absolute atomic E-state index is 0.0363. The molecule has 0 atom stereocenters. The van der Waals surface area contributed by atoms with Gasteiger partial charge in [0.15, 0.2) is 11.5 Å². The van der Waals surface area contributed by atoms with Gasteiger partial charge in [-0.1, -0.05) is 60.7 Å². The molecule has 0 spiro atoms. The molecule has 0 fully saturated rings. The number of hydrogen-bond acceptors (Lipinski definition) is 6. The molecule has 201 valence electrons. The fraction of sp³-hybridized carbons (Fsp3) is 0.154. The van der Waals surface area contributed by atoms with Gasteiger partial charge in [0.05, 0.1) is 11.1 Å². The van der Waals surface area contributed by atoms with E-state index in [2.05, 4.69) is 9.97 Å². The number of alkyl halides is 6. The number of benzene rings is 2. The lowest BCUT2D eigenvalue weighted by atomic mass is 10.2. The van der Waals surface area contributed by atoms with Gasteiger partial charge in [-0.05, 0) is 23.3 Å². The van der Waals surface area contributed by atoms with Crippen molar-refractivity contribution in [1.82, 2.24) is 9.97 Å². The second-order valence-electron chi connectivity index (χ2n) is 7.93. The van der Waals surface area contributed by atoms with E-state index in [-0.39, 0.29) is 25.0 Å². The van der Waals surface area contributed by atoms with Crippen LogP contribution < -0.4 is 18.8 Å². The lowest BCUT2D eigenvalue weighted by molar-refractivity contribution is -0.138. The van der Waals surface area contributed by atoms with Gasteiger partial charge in [-0.15, -0.1) is 0 Å². The molecule has 0 saturated heterocycles. The molecule has 2 aromatic heterocycles. The summed E-state index contributed by atoms with van der Waals surface area (Å²) in [4.78, 5) is 7.37. The third-order valence-electron chi connectivity index (χ3n) is 5.08. The summed E-state index contributed by atoms with van der Waals surface area (Å²) in [6.07, 6.45) is -8.35. The van der Waals surface area contributed by atoms with Gasteiger partial charge < -0.3 is 18.8 Å². The molecule has 4 aromatic rings. The highest BCUT2D eigenvalue weighted by Gasteiger charge is 2.34. The fourth-order valence-corrected chi connectivity index (χ4v) is 3.14. The second kappa shape index (κ2) is 12.0. The van der Waals surface area contributed by atoms with Crippen LogP contribution in [0.2, 0.25) is 0 Å². The molecule has 0 saturated carbocycles. The van der Waals surface area contributed by atoms with Gasteiger partial charge in [-0.3, -0.25) is 0 Å². The van der Waals surface area contributed by atoms with E-state index < -0.39 is 35.0 Å². The largest absolute Gasteiger partial charge is 0.658 e. The van der Waals surface area contributed by atoms with E-state index in [9.17, 15) is 26.3 Å². The van der Waals surface area contributed by atoms with Gasteiger partial charge >= 0.3 is 20.0 Å². The van der Waals surface area contributed by atoms with Crippen molar-refractivity contribution in [2.45, 2.75) is 25.6 Å². The minimum Gasteiger partial charge on any atom is -0.522 e. The highest BCUT2D eigenvalue weighted by atomic mass is 19.4. The number of rotatable bonds is 10. The highest BCUT2D eigenvalue weighted by molar-refractivity contribution is 6.21. The summed E-state index contributed by atoms with van der Waals surface area (Å²) in [7, 11) is 0.541. The lowest BCUT2D eigenvalue weighted by Crippen LogP contribution is -2.16. The Morgan fingerprint density at radius 3 is 1.33 bits per heavy atom. The van der Waals surface area contributed by atoms with Crippen LogP contribution in [-0.2, 0) is 25.6 Å². The Morgan fingerprint density at radius 2 is 0.974 bits per heavy atom. The van der Waals surface area contributed by atoms with Gasteiger partial charge in [-0.2, -0.15) is 26.3 Å². The molecule has 2 heterocycles. The molecular weight excluding hydrogens is 529 g/mol. The van der Waals surface area contributed by atoms with Crippen LogP contribution in [-0.4, -0.2) is 17.7 Å². The summed E-state index contributed by atoms with van der Waals surface area (Å²) in [5.74, 6) is -1.55.